The van der Waals surface area contributed by atoms with Crippen LogP contribution in [0.25, 0.3) is 28.0 Å². The highest BCUT2D eigenvalue weighted by molar-refractivity contribution is 6.04. The van der Waals surface area contributed by atoms with E-state index in [1.54, 1.807) is 0 Å². The van der Waals surface area contributed by atoms with Gasteiger partial charge in [-0.15, -0.1) is 10.2 Å². The Morgan fingerprint density at radius 3 is 2.60 bits per heavy atom. The summed E-state index contributed by atoms with van der Waals surface area (Å²) in [7, 11) is 0. The van der Waals surface area contributed by atoms with Gasteiger partial charge in [0.15, 0.2) is 5.65 Å². The maximum atomic E-state index is 4.97. The van der Waals surface area contributed by atoms with Crippen molar-refractivity contribution < 1.29 is 0 Å². The van der Waals surface area contributed by atoms with Crippen molar-refractivity contribution in [1.82, 2.24) is 34.4 Å². The maximum absolute atomic E-state index is 4.97. The smallest absolute Gasteiger partial charge is 0.272 e. The number of aryl methyl sites for hydroxylation is 1. The maximum Gasteiger partial charge on any atom is 0.272 e. The molecule has 5 rings (SSSR count). The SMILES string of the molecule is CCCc1c(C)nn(-c2nnc3c4ccccc4n(CCN4CCCC4)c3n2)c1C. The molecule has 0 spiro atoms. The van der Waals surface area contributed by atoms with Crippen molar-refractivity contribution in [2.24, 2.45) is 0 Å². The van der Waals surface area contributed by atoms with Crippen molar-refractivity contribution in [1.29, 1.82) is 0 Å². The van der Waals surface area contributed by atoms with Crippen LogP contribution in [0.3, 0.4) is 0 Å². The van der Waals surface area contributed by atoms with Gasteiger partial charge in [0.05, 0.1) is 11.2 Å². The fourth-order valence-corrected chi connectivity index (χ4v) is 4.74. The Hall–Kier alpha value is -2.80. The first-order chi connectivity index (χ1) is 14.7. The molecule has 0 amide bonds. The Balaban J connectivity index is 1.62. The van der Waals surface area contributed by atoms with Crippen molar-refractivity contribution in [2.75, 3.05) is 19.6 Å². The first kappa shape index (κ1) is 19.2. The summed E-state index contributed by atoms with van der Waals surface area (Å²) in [6.07, 6.45) is 4.72. The largest absolute Gasteiger partial charge is 0.322 e. The highest BCUT2D eigenvalue weighted by Gasteiger charge is 2.19. The Morgan fingerprint density at radius 2 is 1.80 bits per heavy atom. The van der Waals surface area contributed by atoms with Gasteiger partial charge in [-0.2, -0.15) is 10.1 Å². The molecular formula is C23H29N7. The number of rotatable bonds is 6. The number of fused-ring (bicyclic) bond motifs is 3. The van der Waals surface area contributed by atoms with Crippen LogP contribution in [0.1, 0.15) is 43.1 Å². The lowest BCUT2D eigenvalue weighted by Crippen LogP contribution is -2.24. The summed E-state index contributed by atoms with van der Waals surface area (Å²) in [5.74, 6) is 0.552. The molecule has 0 aliphatic carbocycles. The number of nitrogens with zero attached hydrogens (tertiary/aromatic N) is 7. The Kier molecular flexibility index (Phi) is 4.98. The van der Waals surface area contributed by atoms with Crippen LogP contribution in [0.4, 0.5) is 0 Å². The van der Waals surface area contributed by atoms with Gasteiger partial charge in [0, 0.05) is 24.2 Å². The van der Waals surface area contributed by atoms with Gasteiger partial charge in [-0.1, -0.05) is 31.5 Å². The molecule has 0 atom stereocenters. The average molecular weight is 404 g/mol. The average Bonchev–Trinajstić information content (AvgIpc) is 3.45. The van der Waals surface area contributed by atoms with Crippen LogP contribution in [-0.4, -0.2) is 54.1 Å². The van der Waals surface area contributed by atoms with Crippen LogP contribution >= 0.6 is 0 Å². The number of benzene rings is 1. The van der Waals surface area contributed by atoms with E-state index in [9.17, 15) is 0 Å². The lowest BCUT2D eigenvalue weighted by molar-refractivity contribution is 0.326. The second kappa shape index (κ2) is 7.80. The van der Waals surface area contributed by atoms with E-state index in [0.717, 1.165) is 53.9 Å². The van der Waals surface area contributed by atoms with Gasteiger partial charge in [-0.25, -0.2) is 4.68 Å². The lowest BCUT2D eigenvalue weighted by atomic mass is 10.1. The van der Waals surface area contributed by atoms with Crippen LogP contribution < -0.4 is 0 Å². The third-order valence-electron chi connectivity index (χ3n) is 6.33. The van der Waals surface area contributed by atoms with Gasteiger partial charge in [0.1, 0.15) is 5.52 Å². The van der Waals surface area contributed by atoms with Crippen LogP contribution in [0.15, 0.2) is 24.3 Å². The van der Waals surface area contributed by atoms with Crippen molar-refractivity contribution in [3.63, 3.8) is 0 Å². The first-order valence-electron chi connectivity index (χ1n) is 11.1. The van der Waals surface area contributed by atoms with E-state index < -0.39 is 0 Å². The second-order valence-electron chi connectivity index (χ2n) is 8.31. The van der Waals surface area contributed by atoms with Crippen molar-refractivity contribution >= 4 is 22.1 Å². The summed E-state index contributed by atoms with van der Waals surface area (Å²) in [5, 5.41) is 14.9. The fourth-order valence-electron chi connectivity index (χ4n) is 4.74. The quantitative estimate of drug-likeness (QED) is 0.490. The topological polar surface area (TPSA) is 64.7 Å². The molecule has 156 valence electrons. The molecule has 0 unspecified atom stereocenters. The molecule has 1 fully saturated rings. The predicted molar refractivity (Wildman–Crippen MR) is 119 cm³/mol. The molecule has 0 radical (unpaired) electrons. The lowest BCUT2D eigenvalue weighted by Gasteiger charge is -2.15. The third kappa shape index (κ3) is 3.17. The standard InChI is InChI=1S/C23H29N7/c1-4-9-18-16(2)27-30(17(18)3)23-24-22-21(25-26-23)19-10-5-6-11-20(19)29(22)15-14-28-12-7-8-13-28/h5-6,10-11H,4,7-9,12-15H2,1-3H3. The van der Waals surface area contributed by atoms with Gasteiger partial charge < -0.3 is 9.47 Å². The molecule has 30 heavy (non-hydrogen) atoms. The summed E-state index contributed by atoms with van der Waals surface area (Å²) in [6, 6.07) is 8.41. The molecular weight excluding hydrogens is 374 g/mol. The molecule has 0 bridgehead atoms. The monoisotopic (exact) mass is 403 g/mol. The minimum Gasteiger partial charge on any atom is -0.322 e. The van der Waals surface area contributed by atoms with Gasteiger partial charge in [0.25, 0.3) is 5.95 Å². The zero-order valence-electron chi connectivity index (χ0n) is 18.1. The normalized spacial score (nSPS) is 15.0. The zero-order valence-corrected chi connectivity index (χ0v) is 18.1. The number of hydrogen-bond donors (Lipinski definition) is 0. The van der Waals surface area contributed by atoms with Gasteiger partial charge in [-0.3, -0.25) is 0 Å². The Bertz CT molecular complexity index is 1200. The molecule has 0 N–H and O–H groups in total. The second-order valence-corrected chi connectivity index (χ2v) is 8.31. The molecule has 1 aliphatic heterocycles. The molecule has 1 aromatic carbocycles. The third-order valence-corrected chi connectivity index (χ3v) is 6.33. The van der Waals surface area contributed by atoms with Crippen molar-refractivity contribution in [3.8, 4) is 5.95 Å². The van der Waals surface area contributed by atoms with Gasteiger partial charge in [0.2, 0.25) is 0 Å². The summed E-state index contributed by atoms with van der Waals surface area (Å²) < 4.78 is 4.16. The van der Waals surface area contributed by atoms with E-state index in [4.69, 9.17) is 10.1 Å². The Morgan fingerprint density at radius 1 is 1.00 bits per heavy atom. The number of hydrogen-bond acceptors (Lipinski definition) is 5. The van der Waals surface area contributed by atoms with E-state index in [2.05, 4.69) is 64.7 Å². The summed E-state index contributed by atoms with van der Waals surface area (Å²) in [4.78, 5) is 7.51. The van der Waals surface area contributed by atoms with Crippen molar-refractivity contribution in [3.05, 3.63) is 41.2 Å². The fraction of sp³-hybridized carbons (Fsp3) is 0.478. The molecule has 7 nitrogen and oxygen atoms in total. The minimum atomic E-state index is 0.552. The predicted octanol–water partition coefficient (Wildman–Crippen LogP) is 3.83. The highest BCUT2D eigenvalue weighted by Crippen LogP contribution is 2.27. The molecule has 4 aromatic rings. The van der Waals surface area contributed by atoms with Crippen LogP contribution in [0.5, 0.6) is 0 Å². The highest BCUT2D eigenvalue weighted by atomic mass is 15.4. The summed E-state index contributed by atoms with van der Waals surface area (Å²) >= 11 is 0. The first-order valence-corrected chi connectivity index (χ1v) is 11.1. The summed E-state index contributed by atoms with van der Waals surface area (Å²) in [5.41, 5.74) is 6.38. The van der Waals surface area contributed by atoms with Crippen LogP contribution in [0, 0.1) is 13.8 Å². The van der Waals surface area contributed by atoms with Crippen LogP contribution in [0.2, 0.25) is 0 Å². The van der Waals surface area contributed by atoms with Gasteiger partial charge >= 0.3 is 0 Å². The van der Waals surface area contributed by atoms with E-state index in [-0.39, 0.29) is 0 Å². The molecule has 1 saturated heterocycles. The zero-order chi connectivity index (χ0) is 20.7. The van der Waals surface area contributed by atoms with E-state index in [0.29, 0.717) is 5.95 Å². The molecule has 1 aliphatic rings. The van der Waals surface area contributed by atoms with E-state index >= 15 is 0 Å². The van der Waals surface area contributed by atoms with Gasteiger partial charge in [-0.05, 0) is 57.8 Å². The van der Waals surface area contributed by atoms with Crippen LogP contribution in [-0.2, 0) is 13.0 Å². The van der Waals surface area contributed by atoms with E-state index in [1.165, 1.54) is 37.0 Å². The Labute approximate surface area is 176 Å². The minimum absolute atomic E-state index is 0.552. The van der Waals surface area contributed by atoms with Crippen molar-refractivity contribution in [2.45, 2.75) is 53.0 Å². The molecule has 3 aromatic heterocycles. The number of para-hydroxylation sites is 1. The molecule has 7 heteroatoms. The molecule has 0 saturated carbocycles. The summed E-state index contributed by atoms with van der Waals surface area (Å²) in [6.45, 7) is 10.7. The number of likely N-dealkylation sites (tertiary alicyclic amines) is 1. The van der Waals surface area contributed by atoms with E-state index in [1.807, 2.05) is 4.68 Å². The number of aromatic nitrogens is 6. The molecule has 4 heterocycles.